The average molecular weight is 290 g/mol. The van der Waals surface area contributed by atoms with E-state index in [4.69, 9.17) is 6.42 Å². The zero-order valence-electron chi connectivity index (χ0n) is 12.2. The van der Waals surface area contributed by atoms with Crippen LogP contribution in [0.3, 0.4) is 0 Å². The van der Waals surface area contributed by atoms with Gasteiger partial charge < -0.3 is 5.32 Å². The highest BCUT2D eigenvalue weighted by Crippen LogP contribution is 2.35. The number of carbonyl (C=O) groups excluding carboxylic acids is 1. The summed E-state index contributed by atoms with van der Waals surface area (Å²) in [5, 5.41) is 1.94. The van der Waals surface area contributed by atoms with E-state index < -0.39 is 12.1 Å². The van der Waals surface area contributed by atoms with E-state index in [1.807, 2.05) is 33.0 Å². The summed E-state index contributed by atoms with van der Waals surface area (Å²) in [6.45, 7) is 8.00. The van der Waals surface area contributed by atoms with E-state index in [9.17, 15) is 18.0 Å². The first kappa shape index (κ1) is 16.8. The van der Waals surface area contributed by atoms with Gasteiger partial charge in [-0.2, -0.15) is 13.2 Å². The molecule has 0 aromatic carbocycles. The van der Waals surface area contributed by atoms with E-state index >= 15 is 0 Å². The van der Waals surface area contributed by atoms with E-state index in [1.54, 1.807) is 0 Å². The molecule has 0 saturated carbocycles. The molecule has 114 valence electrons. The van der Waals surface area contributed by atoms with Gasteiger partial charge >= 0.3 is 12.1 Å². The minimum atomic E-state index is -4.85. The first-order valence-electron chi connectivity index (χ1n) is 6.58. The lowest BCUT2D eigenvalue weighted by Crippen LogP contribution is -2.49. The maximum Gasteiger partial charge on any atom is 0.471 e. The van der Waals surface area contributed by atoms with E-state index in [0.717, 1.165) is 0 Å². The molecule has 20 heavy (non-hydrogen) atoms. The van der Waals surface area contributed by atoms with Crippen molar-refractivity contribution in [1.29, 1.82) is 0 Å². The third-order valence-electron chi connectivity index (χ3n) is 3.59. The number of nitrogens with zero attached hydrogens (tertiary/aromatic N) is 1. The zero-order chi connectivity index (χ0) is 15.7. The molecule has 3 nitrogen and oxygen atoms in total. The molecule has 0 bridgehead atoms. The Bertz CT molecular complexity index is 406. The Kier molecular flexibility index (Phi) is 4.75. The summed E-state index contributed by atoms with van der Waals surface area (Å²) in [6.07, 6.45) is 1.36. The minimum absolute atomic E-state index is 0.0515. The predicted molar refractivity (Wildman–Crippen MR) is 70.8 cm³/mol. The number of carbonyl (C=O) groups is 1. The van der Waals surface area contributed by atoms with Gasteiger partial charge in [0.25, 0.3) is 0 Å². The number of amides is 1. The van der Waals surface area contributed by atoms with Crippen molar-refractivity contribution in [3.8, 4) is 12.3 Å². The highest BCUT2D eigenvalue weighted by Gasteiger charge is 2.44. The standard InChI is InChI=1S/C14H21F3N2O/c1-6-11-10(8-18-12(20)14(15,16)17)7-9(2)19(11)13(3,4)5/h1,9-11H,7-8H2,2-5H3,(H,18,20)/t9-,10-,11-/m1/s1. The highest BCUT2D eigenvalue weighted by molar-refractivity contribution is 5.81. The molecule has 0 spiro atoms. The van der Waals surface area contributed by atoms with Crippen LogP contribution in [0.15, 0.2) is 0 Å². The van der Waals surface area contributed by atoms with Crippen LogP contribution in [-0.4, -0.2) is 41.2 Å². The smallest absolute Gasteiger partial charge is 0.348 e. The normalized spacial score (nSPS) is 28.2. The molecule has 6 heteroatoms. The van der Waals surface area contributed by atoms with E-state index in [2.05, 4.69) is 10.8 Å². The summed E-state index contributed by atoms with van der Waals surface area (Å²) in [6, 6.07) is -0.0950. The molecular weight excluding hydrogens is 269 g/mol. The number of hydrogen-bond donors (Lipinski definition) is 1. The SMILES string of the molecule is C#C[C@@H]1[C@@H](CNC(=O)C(F)(F)F)C[C@@H](C)N1C(C)(C)C. The highest BCUT2D eigenvalue weighted by atomic mass is 19.4. The predicted octanol–water partition coefficient (Wildman–Crippen LogP) is 2.18. The number of halogens is 3. The third-order valence-corrected chi connectivity index (χ3v) is 3.59. The van der Waals surface area contributed by atoms with Gasteiger partial charge in [0.1, 0.15) is 0 Å². The van der Waals surface area contributed by atoms with Crippen LogP contribution in [0.5, 0.6) is 0 Å². The van der Waals surface area contributed by atoms with Crippen molar-refractivity contribution in [2.24, 2.45) is 5.92 Å². The Labute approximate surface area is 117 Å². The van der Waals surface area contributed by atoms with Crippen molar-refractivity contribution >= 4 is 5.91 Å². The molecule has 1 N–H and O–H groups in total. The molecule has 1 amide bonds. The largest absolute Gasteiger partial charge is 0.471 e. The Hall–Kier alpha value is -1.22. The lowest BCUT2D eigenvalue weighted by atomic mass is 9.98. The van der Waals surface area contributed by atoms with Crippen molar-refractivity contribution in [2.75, 3.05) is 6.54 Å². The van der Waals surface area contributed by atoms with Crippen molar-refractivity contribution in [2.45, 2.75) is 57.9 Å². The van der Waals surface area contributed by atoms with E-state index in [1.165, 1.54) is 0 Å². The summed E-state index contributed by atoms with van der Waals surface area (Å²) in [4.78, 5) is 13.0. The summed E-state index contributed by atoms with van der Waals surface area (Å²) in [5.41, 5.74) is -0.167. The topological polar surface area (TPSA) is 32.3 Å². The van der Waals surface area contributed by atoms with Gasteiger partial charge in [-0.1, -0.05) is 5.92 Å². The number of rotatable bonds is 2. The van der Waals surface area contributed by atoms with Crippen LogP contribution in [0.4, 0.5) is 13.2 Å². The molecule has 1 heterocycles. The molecule has 0 aromatic heterocycles. The first-order chi connectivity index (χ1) is 8.98. The van der Waals surface area contributed by atoms with Crippen LogP contribution in [-0.2, 0) is 4.79 Å². The molecule has 0 unspecified atom stereocenters. The maximum absolute atomic E-state index is 12.2. The Balaban J connectivity index is 2.74. The molecule has 3 atom stereocenters. The first-order valence-corrected chi connectivity index (χ1v) is 6.58. The number of nitrogens with one attached hydrogen (secondary N) is 1. The summed E-state index contributed by atoms with van der Waals surface area (Å²) in [5.74, 6) is 0.583. The summed E-state index contributed by atoms with van der Waals surface area (Å²) < 4.78 is 36.5. The fraction of sp³-hybridized carbons (Fsp3) is 0.786. The quantitative estimate of drug-likeness (QED) is 0.791. The Morgan fingerprint density at radius 1 is 1.40 bits per heavy atom. The summed E-state index contributed by atoms with van der Waals surface area (Å²) >= 11 is 0. The molecular formula is C14H21F3N2O. The molecule has 1 aliphatic rings. The van der Waals surface area contributed by atoms with Crippen molar-refractivity contribution in [3.05, 3.63) is 0 Å². The fourth-order valence-electron chi connectivity index (χ4n) is 3.00. The molecule has 1 rings (SSSR count). The van der Waals surface area contributed by atoms with Crippen molar-refractivity contribution in [1.82, 2.24) is 10.2 Å². The molecule has 0 radical (unpaired) electrons. The molecule has 1 saturated heterocycles. The summed E-state index contributed by atoms with van der Waals surface area (Å²) in [7, 11) is 0. The fourth-order valence-corrected chi connectivity index (χ4v) is 3.00. The van der Waals surface area contributed by atoms with Crippen LogP contribution >= 0.6 is 0 Å². The monoisotopic (exact) mass is 290 g/mol. The van der Waals surface area contributed by atoms with Crippen molar-refractivity contribution in [3.63, 3.8) is 0 Å². The van der Waals surface area contributed by atoms with Gasteiger partial charge in [0, 0.05) is 24.0 Å². The van der Waals surface area contributed by atoms with Gasteiger partial charge in [0.15, 0.2) is 0 Å². The molecule has 1 aliphatic heterocycles. The van der Waals surface area contributed by atoms with Crippen LogP contribution in [0.25, 0.3) is 0 Å². The molecule has 0 aromatic rings. The van der Waals surface area contributed by atoms with Crippen LogP contribution < -0.4 is 5.32 Å². The van der Waals surface area contributed by atoms with Crippen LogP contribution in [0.1, 0.15) is 34.1 Å². The van der Waals surface area contributed by atoms with Crippen LogP contribution in [0.2, 0.25) is 0 Å². The van der Waals surface area contributed by atoms with Gasteiger partial charge in [0.05, 0.1) is 6.04 Å². The maximum atomic E-state index is 12.2. The lowest BCUT2D eigenvalue weighted by Gasteiger charge is -2.39. The second-order valence-electron chi connectivity index (χ2n) is 6.24. The molecule has 0 aliphatic carbocycles. The number of terminal acetylenes is 1. The van der Waals surface area contributed by atoms with Gasteiger partial charge in [0.2, 0.25) is 0 Å². The molecule has 1 fully saturated rings. The zero-order valence-corrected chi connectivity index (χ0v) is 12.2. The van der Waals surface area contributed by atoms with Gasteiger partial charge in [-0.15, -0.1) is 6.42 Å². The Morgan fingerprint density at radius 3 is 2.35 bits per heavy atom. The van der Waals surface area contributed by atoms with E-state index in [-0.39, 0.29) is 30.1 Å². The number of alkyl halides is 3. The third kappa shape index (κ3) is 3.66. The number of hydrogen-bond acceptors (Lipinski definition) is 2. The van der Waals surface area contributed by atoms with Gasteiger partial charge in [-0.05, 0) is 34.1 Å². The van der Waals surface area contributed by atoms with Crippen LogP contribution in [0, 0.1) is 18.3 Å². The Morgan fingerprint density at radius 2 is 1.95 bits per heavy atom. The second-order valence-corrected chi connectivity index (χ2v) is 6.24. The lowest BCUT2D eigenvalue weighted by molar-refractivity contribution is -0.173. The number of likely N-dealkylation sites (tertiary alicyclic amines) is 1. The van der Waals surface area contributed by atoms with E-state index in [0.29, 0.717) is 6.42 Å². The minimum Gasteiger partial charge on any atom is -0.348 e. The average Bonchev–Trinajstić information content (AvgIpc) is 2.60. The second kappa shape index (κ2) is 5.65. The van der Waals surface area contributed by atoms with Gasteiger partial charge in [-0.3, -0.25) is 9.69 Å². The van der Waals surface area contributed by atoms with Crippen molar-refractivity contribution < 1.29 is 18.0 Å². The van der Waals surface area contributed by atoms with Gasteiger partial charge in [-0.25, -0.2) is 0 Å².